The second-order valence-corrected chi connectivity index (χ2v) is 5.18. The first-order valence-electron chi connectivity index (χ1n) is 5.96. The Morgan fingerprint density at radius 1 is 1.44 bits per heavy atom. The van der Waals surface area contributed by atoms with Crippen LogP contribution in [0.1, 0.15) is 32.3 Å². The van der Waals surface area contributed by atoms with Gasteiger partial charge in [0.2, 0.25) is 0 Å². The van der Waals surface area contributed by atoms with Gasteiger partial charge in [-0.2, -0.15) is 0 Å². The molecule has 1 atom stereocenters. The van der Waals surface area contributed by atoms with Gasteiger partial charge in [0.15, 0.2) is 0 Å². The van der Waals surface area contributed by atoms with Crippen LogP contribution in [-0.2, 0) is 4.79 Å². The maximum Gasteiger partial charge on any atom is 0.328 e. The highest BCUT2D eigenvalue weighted by atomic mass is 32.2. The molecule has 18 heavy (non-hydrogen) atoms. The molecule has 0 saturated carbocycles. The van der Waals surface area contributed by atoms with Gasteiger partial charge in [0.05, 0.1) is 12.0 Å². The minimum Gasteiger partial charge on any atom is -0.478 e. The molecule has 0 bridgehead atoms. The summed E-state index contributed by atoms with van der Waals surface area (Å²) < 4.78 is 5.58. The standard InChI is InChI=1S/C14H18O3S/c1-3-4-11(2)18-17-13-8-5-12(6-9-13)7-10-14(15)16/h5-11H,3-4H2,1-2H3,(H,15,16)/b10-7+. The van der Waals surface area contributed by atoms with Crippen LogP contribution in [0, 0.1) is 0 Å². The first-order valence-corrected chi connectivity index (χ1v) is 6.76. The Bertz CT molecular complexity index is 398. The maximum absolute atomic E-state index is 10.4. The van der Waals surface area contributed by atoms with E-state index in [-0.39, 0.29) is 0 Å². The van der Waals surface area contributed by atoms with Gasteiger partial charge in [-0.05, 0) is 30.2 Å². The van der Waals surface area contributed by atoms with Crippen LogP contribution in [0.15, 0.2) is 30.3 Å². The molecule has 3 nitrogen and oxygen atoms in total. The largest absolute Gasteiger partial charge is 0.478 e. The molecule has 4 heteroatoms. The molecule has 0 heterocycles. The molecule has 0 aromatic heterocycles. The van der Waals surface area contributed by atoms with E-state index in [9.17, 15) is 4.79 Å². The lowest BCUT2D eigenvalue weighted by atomic mass is 10.2. The molecule has 1 unspecified atom stereocenters. The fourth-order valence-corrected chi connectivity index (χ4v) is 2.11. The van der Waals surface area contributed by atoms with Crippen molar-refractivity contribution in [2.24, 2.45) is 0 Å². The monoisotopic (exact) mass is 266 g/mol. The molecule has 0 amide bonds. The Morgan fingerprint density at radius 2 is 2.11 bits per heavy atom. The van der Waals surface area contributed by atoms with E-state index in [1.54, 1.807) is 6.08 Å². The van der Waals surface area contributed by atoms with Crippen molar-refractivity contribution in [3.63, 3.8) is 0 Å². The molecule has 0 aliphatic rings. The van der Waals surface area contributed by atoms with Gasteiger partial charge in [-0.25, -0.2) is 4.79 Å². The van der Waals surface area contributed by atoms with Gasteiger partial charge in [-0.1, -0.05) is 32.4 Å². The second kappa shape index (κ2) is 7.82. The van der Waals surface area contributed by atoms with Crippen LogP contribution in [0.2, 0.25) is 0 Å². The molecule has 1 aromatic rings. The fourth-order valence-electron chi connectivity index (χ4n) is 1.39. The van der Waals surface area contributed by atoms with Gasteiger partial charge in [-0.3, -0.25) is 0 Å². The Labute approximate surface area is 112 Å². The van der Waals surface area contributed by atoms with Crippen molar-refractivity contribution >= 4 is 24.1 Å². The van der Waals surface area contributed by atoms with Crippen LogP contribution < -0.4 is 4.18 Å². The Balaban J connectivity index is 2.47. The van der Waals surface area contributed by atoms with E-state index in [1.807, 2.05) is 24.3 Å². The summed E-state index contributed by atoms with van der Waals surface area (Å²) in [4.78, 5) is 10.4. The first-order chi connectivity index (χ1) is 8.61. The number of carbonyl (C=O) groups is 1. The number of benzene rings is 1. The van der Waals surface area contributed by atoms with E-state index in [0.29, 0.717) is 5.25 Å². The quantitative estimate of drug-likeness (QED) is 0.598. The summed E-state index contributed by atoms with van der Waals surface area (Å²) in [7, 11) is 0. The summed E-state index contributed by atoms with van der Waals surface area (Å²) in [6.45, 7) is 4.29. The van der Waals surface area contributed by atoms with Crippen molar-refractivity contribution in [1.29, 1.82) is 0 Å². The van der Waals surface area contributed by atoms with E-state index in [0.717, 1.165) is 30.2 Å². The third-order valence-corrected chi connectivity index (χ3v) is 3.16. The summed E-state index contributed by atoms with van der Waals surface area (Å²) in [5, 5.41) is 8.98. The van der Waals surface area contributed by atoms with E-state index in [1.165, 1.54) is 12.0 Å². The lowest BCUT2D eigenvalue weighted by Gasteiger charge is -2.09. The van der Waals surface area contributed by atoms with Crippen LogP contribution in [0.25, 0.3) is 6.08 Å². The van der Waals surface area contributed by atoms with Crippen LogP contribution >= 0.6 is 12.0 Å². The van der Waals surface area contributed by atoms with Crippen molar-refractivity contribution in [2.45, 2.75) is 31.9 Å². The SMILES string of the molecule is CCCC(C)SOc1ccc(/C=C/C(=O)O)cc1. The summed E-state index contributed by atoms with van der Waals surface area (Å²) in [5.74, 6) is -0.158. The predicted molar refractivity (Wildman–Crippen MR) is 75.7 cm³/mol. The Hall–Kier alpha value is -1.42. The average Bonchev–Trinajstić information content (AvgIpc) is 2.35. The van der Waals surface area contributed by atoms with Gasteiger partial charge in [0, 0.05) is 11.3 Å². The highest BCUT2D eigenvalue weighted by Gasteiger charge is 2.03. The molecule has 0 saturated heterocycles. The van der Waals surface area contributed by atoms with Crippen LogP contribution in [0.4, 0.5) is 0 Å². The molecule has 1 aromatic carbocycles. The number of carboxylic acid groups (broad SMARTS) is 1. The van der Waals surface area contributed by atoms with Crippen molar-refractivity contribution in [3.05, 3.63) is 35.9 Å². The minimum absolute atomic E-state index is 0.474. The van der Waals surface area contributed by atoms with Gasteiger partial charge >= 0.3 is 5.97 Å². The molecule has 1 N–H and O–H groups in total. The molecule has 0 spiro atoms. The normalized spacial score (nSPS) is 12.6. The van der Waals surface area contributed by atoms with E-state index >= 15 is 0 Å². The summed E-state index contributed by atoms with van der Waals surface area (Å²) in [6.07, 6.45) is 4.95. The second-order valence-electron chi connectivity index (χ2n) is 4.02. The van der Waals surface area contributed by atoms with Gasteiger partial charge < -0.3 is 9.29 Å². The molecular formula is C14H18O3S. The van der Waals surface area contributed by atoms with Crippen molar-refractivity contribution in [2.75, 3.05) is 0 Å². The number of rotatable bonds is 7. The van der Waals surface area contributed by atoms with Crippen molar-refractivity contribution < 1.29 is 14.1 Å². The molecule has 0 fully saturated rings. The molecule has 0 radical (unpaired) electrons. The van der Waals surface area contributed by atoms with Crippen LogP contribution in [0.5, 0.6) is 5.75 Å². The number of aliphatic carboxylic acids is 1. The van der Waals surface area contributed by atoms with Gasteiger partial charge in [0.1, 0.15) is 5.75 Å². The van der Waals surface area contributed by atoms with Crippen molar-refractivity contribution in [1.82, 2.24) is 0 Å². The lowest BCUT2D eigenvalue weighted by Crippen LogP contribution is -1.97. The Kier molecular flexibility index (Phi) is 6.36. The summed E-state index contributed by atoms with van der Waals surface area (Å²) in [6, 6.07) is 7.35. The fraction of sp³-hybridized carbons (Fsp3) is 0.357. The minimum atomic E-state index is -0.945. The average molecular weight is 266 g/mol. The smallest absolute Gasteiger partial charge is 0.328 e. The highest BCUT2D eigenvalue weighted by Crippen LogP contribution is 2.22. The van der Waals surface area contributed by atoms with Crippen LogP contribution in [0.3, 0.4) is 0 Å². The van der Waals surface area contributed by atoms with E-state index in [2.05, 4.69) is 13.8 Å². The number of hydrogen-bond acceptors (Lipinski definition) is 3. The van der Waals surface area contributed by atoms with Gasteiger partial charge in [0.25, 0.3) is 0 Å². The topological polar surface area (TPSA) is 46.5 Å². The zero-order chi connectivity index (χ0) is 13.4. The predicted octanol–water partition coefficient (Wildman–Crippen LogP) is 4.00. The third-order valence-electron chi connectivity index (χ3n) is 2.30. The molecule has 1 rings (SSSR count). The third kappa shape index (κ3) is 5.77. The van der Waals surface area contributed by atoms with E-state index < -0.39 is 5.97 Å². The van der Waals surface area contributed by atoms with Gasteiger partial charge in [-0.15, -0.1) is 0 Å². The Morgan fingerprint density at radius 3 is 2.67 bits per heavy atom. The first kappa shape index (κ1) is 14.6. The zero-order valence-corrected chi connectivity index (χ0v) is 11.4. The molecule has 98 valence electrons. The zero-order valence-electron chi connectivity index (χ0n) is 10.6. The molecular weight excluding hydrogens is 248 g/mol. The van der Waals surface area contributed by atoms with E-state index in [4.69, 9.17) is 9.29 Å². The highest BCUT2D eigenvalue weighted by molar-refractivity contribution is 7.95. The summed E-state index contributed by atoms with van der Waals surface area (Å²) >= 11 is 1.47. The number of hydrogen-bond donors (Lipinski definition) is 1. The lowest BCUT2D eigenvalue weighted by molar-refractivity contribution is -0.131. The molecule has 0 aliphatic heterocycles. The maximum atomic E-state index is 10.4. The van der Waals surface area contributed by atoms with Crippen molar-refractivity contribution in [3.8, 4) is 5.75 Å². The molecule has 0 aliphatic carbocycles. The van der Waals surface area contributed by atoms with Crippen LogP contribution in [-0.4, -0.2) is 16.3 Å². The number of carboxylic acids is 1. The summed E-state index contributed by atoms with van der Waals surface area (Å²) in [5.41, 5.74) is 0.844.